The van der Waals surface area contributed by atoms with E-state index >= 15 is 0 Å². The molecule has 2 heterocycles. The van der Waals surface area contributed by atoms with Gasteiger partial charge in [-0.05, 0) is 52.4 Å². The molecule has 0 radical (unpaired) electrons. The van der Waals surface area contributed by atoms with Crippen LogP contribution in [0.25, 0.3) is 84.9 Å². The Hall–Kier alpha value is -6.78. The number of rotatable bonds is 8. The third-order valence-electron chi connectivity index (χ3n) is 9.07. The number of aromatic nitrogens is 4. The molecule has 4 heteroatoms. The van der Waals surface area contributed by atoms with Crippen molar-refractivity contribution in [2.75, 3.05) is 0 Å². The largest absolute Gasteiger partial charge is 0.252 e. The summed E-state index contributed by atoms with van der Waals surface area (Å²) in [4.78, 5) is 20.3. The Morgan fingerprint density at radius 2 is 0.824 bits per heavy atom. The monoisotopic (exact) mass is 654 g/mol. The van der Waals surface area contributed by atoms with Gasteiger partial charge in [-0.2, -0.15) is 0 Å². The topological polar surface area (TPSA) is 51.6 Å². The number of pyridine rings is 1. The van der Waals surface area contributed by atoms with Gasteiger partial charge in [-0.25, -0.2) is 15.0 Å². The summed E-state index contributed by atoms with van der Waals surface area (Å²) in [5.74, 6) is 1.82. The molecule has 0 N–H and O–H groups in total. The quantitative estimate of drug-likeness (QED) is 0.164. The van der Waals surface area contributed by atoms with E-state index in [9.17, 15) is 0 Å². The van der Waals surface area contributed by atoms with E-state index in [1.54, 1.807) is 0 Å². The van der Waals surface area contributed by atoms with Crippen molar-refractivity contribution in [1.82, 2.24) is 19.9 Å². The first kappa shape index (κ1) is 31.5. The van der Waals surface area contributed by atoms with Crippen LogP contribution in [0.1, 0.15) is 11.3 Å². The lowest BCUT2D eigenvalue weighted by molar-refractivity contribution is 1.07. The van der Waals surface area contributed by atoms with Gasteiger partial charge in [-0.1, -0.05) is 170 Å². The molecular weight excluding hydrogens is 621 g/mol. The maximum absolute atomic E-state index is 5.14. The summed E-state index contributed by atoms with van der Waals surface area (Å²) in [6.45, 7) is 6.28. The predicted octanol–water partition coefficient (Wildman–Crippen LogP) is 11.9. The second-order valence-electron chi connectivity index (χ2n) is 12.4. The molecule has 0 aliphatic carbocycles. The summed E-state index contributed by atoms with van der Waals surface area (Å²) in [7, 11) is 0. The molecule has 0 unspecified atom stereocenters. The number of aryl methyl sites for hydroxylation is 1. The smallest absolute Gasteiger partial charge is 0.164 e. The average Bonchev–Trinajstić information content (AvgIpc) is 3.21. The summed E-state index contributed by atoms with van der Waals surface area (Å²) in [5.41, 5.74) is 13.2. The van der Waals surface area contributed by atoms with E-state index in [2.05, 4.69) is 123 Å². The van der Waals surface area contributed by atoms with E-state index in [1.165, 1.54) is 0 Å². The van der Waals surface area contributed by atoms with Crippen LogP contribution in [-0.2, 0) is 0 Å². The van der Waals surface area contributed by atoms with Crippen LogP contribution < -0.4 is 0 Å². The molecule has 0 fully saturated rings. The van der Waals surface area contributed by atoms with Gasteiger partial charge in [-0.15, -0.1) is 0 Å². The Labute approximate surface area is 298 Å². The highest BCUT2D eigenvalue weighted by molar-refractivity contribution is 5.92. The first-order valence-electron chi connectivity index (χ1n) is 17.0. The van der Waals surface area contributed by atoms with Crippen LogP contribution in [-0.4, -0.2) is 19.9 Å². The standard InChI is InChI=1S/C47H34N4/c1-3-33-24-29-40(30-41(33)44-32(2)48-43(37-20-12-6-13-21-37)31-42(44)36-18-10-5-11-19-36)47-50-45(38-22-14-7-15-23-38)49-46(51-47)39-27-25-35(26-28-39)34-16-8-4-9-17-34/h3-31H,1H2,2H3. The zero-order chi connectivity index (χ0) is 34.6. The zero-order valence-electron chi connectivity index (χ0n) is 28.2. The fourth-order valence-electron chi connectivity index (χ4n) is 6.50. The number of benzene rings is 6. The maximum atomic E-state index is 5.14. The average molecular weight is 655 g/mol. The molecule has 242 valence electrons. The first-order chi connectivity index (χ1) is 25.1. The summed E-state index contributed by atoms with van der Waals surface area (Å²) in [6, 6.07) is 58.2. The highest BCUT2D eigenvalue weighted by atomic mass is 15.0. The summed E-state index contributed by atoms with van der Waals surface area (Å²) in [6.07, 6.45) is 1.90. The molecule has 0 bridgehead atoms. The molecule has 0 atom stereocenters. The lowest BCUT2D eigenvalue weighted by Gasteiger charge is -2.18. The van der Waals surface area contributed by atoms with E-state index < -0.39 is 0 Å². The van der Waals surface area contributed by atoms with Gasteiger partial charge in [0.1, 0.15) is 0 Å². The van der Waals surface area contributed by atoms with Crippen LogP contribution in [0.4, 0.5) is 0 Å². The van der Waals surface area contributed by atoms with Gasteiger partial charge in [0.25, 0.3) is 0 Å². The van der Waals surface area contributed by atoms with Crippen LogP contribution >= 0.6 is 0 Å². The minimum absolute atomic E-state index is 0.593. The van der Waals surface area contributed by atoms with Gasteiger partial charge < -0.3 is 0 Å². The van der Waals surface area contributed by atoms with Gasteiger partial charge in [0.2, 0.25) is 0 Å². The van der Waals surface area contributed by atoms with Crippen molar-refractivity contribution < 1.29 is 0 Å². The first-order valence-corrected chi connectivity index (χ1v) is 17.0. The van der Waals surface area contributed by atoms with E-state index in [0.29, 0.717) is 17.5 Å². The van der Waals surface area contributed by atoms with Crippen LogP contribution in [0.2, 0.25) is 0 Å². The Morgan fingerprint density at radius 3 is 1.39 bits per heavy atom. The number of nitrogens with zero attached hydrogens (tertiary/aromatic N) is 4. The van der Waals surface area contributed by atoms with Crippen molar-refractivity contribution in [3.05, 3.63) is 188 Å². The third-order valence-corrected chi connectivity index (χ3v) is 9.07. The highest BCUT2D eigenvalue weighted by Crippen LogP contribution is 2.40. The van der Waals surface area contributed by atoms with Crippen molar-refractivity contribution in [2.24, 2.45) is 0 Å². The Balaban J connectivity index is 1.30. The minimum atomic E-state index is 0.593. The van der Waals surface area contributed by atoms with Crippen molar-refractivity contribution in [3.8, 4) is 78.8 Å². The number of hydrogen-bond donors (Lipinski definition) is 0. The highest BCUT2D eigenvalue weighted by Gasteiger charge is 2.19. The van der Waals surface area contributed by atoms with E-state index in [4.69, 9.17) is 19.9 Å². The van der Waals surface area contributed by atoms with Crippen molar-refractivity contribution in [2.45, 2.75) is 6.92 Å². The fraction of sp³-hybridized carbons (Fsp3) is 0.0213. The SMILES string of the molecule is C=Cc1ccc(-c2nc(-c3ccccc3)nc(-c3ccc(-c4ccccc4)cc3)n2)cc1-c1c(-c2ccccc2)cc(-c2ccccc2)nc1C. The molecule has 0 spiro atoms. The fourth-order valence-corrected chi connectivity index (χ4v) is 6.50. The van der Waals surface area contributed by atoms with Gasteiger partial charge in [0, 0.05) is 33.5 Å². The zero-order valence-corrected chi connectivity index (χ0v) is 28.2. The minimum Gasteiger partial charge on any atom is -0.252 e. The van der Waals surface area contributed by atoms with Crippen LogP contribution in [0.5, 0.6) is 0 Å². The molecule has 8 rings (SSSR count). The lowest BCUT2D eigenvalue weighted by Crippen LogP contribution is -2.01. The molecule has 0 aliphatic rings. The maximum Gasteiger partial charge on any atom is 0.164 e. The summed E-state index contributed by atoms with van der Waals surface area (Å²) in [5, 5.41) is 0. The molecule has 0 saturated heterocycles. The normalized spacial score (nSPS) is 10.9. The second kappa shape index (κ2) is 14.0. The number of hydrogen-bond acceptors (Lipinski definition) is 4. The molecule has 2 aromatic heterocycles. The predicted molar refractivity (Wildman–Crippen MR) is 211 cm³/mol. The Bertz CT molecular complexity index is 2460. The van der Waals surface area contributed by atoms with Crippen molar-refractivity contribution >= 4 is 6.08 Å². The van der Waals surface area contributed by atoms with E-state index in [-0.39, 0.29) is 0 Å². The summed E-state index contributed by atoms with van der Waals surface area (Å²) < 4.78 is 0. The van der Waals surface area contributed by atoms with Crippen molar-refractivity contribution in [1.29, 1.82) is 0 Å². The molecule has 4 nitrogen and oxygen atoms in total. The second-order valence-corrected chi connectivity index (χ2v) is 12.4. The van der Waals surface area contributed by atoms with Gasteiger partial charge in [0.15, 0.2) is 17.5 Å². The Kier molecular flexibility index (Phi) is 8.63. The van der Waals surface area contributed by atoms with Crippen LogP contribution in [0.3, 0.4) is 0 Å². The molecular formula is C47H34N4. The lowest BCUT2D eigenvalue weighted by atomic mass is 9.88. The van der Waals surface area contributed by atoms with E-state index in [0.717, 1.165) is 72.6 Å². The molecule has 51 heavy (non-hydrogen) atoms. The molecule has 6 aromatic carbocycles. The van der Waals surface area contributed by atoms with Crippen molar-refractivity contribution in [3.63, 3.8) is 0 Å². The molecule has 0 amide bonds. The van der Waals surface area contributed by atoms with Crippen LogP contribution in [0, 0.1) is 6.92 Å². The van der Waals surface area contributed by atoms with Gasteiger partial charge >= 0.3 is 0 Å². The summed E-state index contributed by atoms with van der Waals surface area (Å²) >= 11 is 0. The van der Waals surface area contributed by atoms with Crippen LogP contribution in [0.15, 0.2) is 176 Å². The van der Waals surface area contributed by atoms with Gasteiger partial charge in [-0.3, -0.25) is 4.98 Å². The molecule has 0 saturated carbocycles. The van der Waals surface area contributed by atoms with E-state index in [1.807, 2.05) is 66.7 Å². The third kappa shape index (κ3) is 6.51. The van der Waals surface area contributed by atoms with Gasteiger partial charge in [0.05, 0.1) is 5.69 Å². The Morgan fingerprint density at radius 1 is 0.392 bits per heavy atom. The molecule has 8 aromatic rings. The molecule has 0 aliphatic heterocycles.